The Kier molecular flexibility index (Phi) is 7.43. The van der Waals surface area contributed by atoms with Crippen LogP contribution in [0.1, 0.15) is 13.8 Å². The summed E-state index contributed by atoms with van der Waals surface area (Å²) in [6, 6.07) is 10.5. The van der Waals surface area contributed by atoms with E-state index in [4.69, 9.17) is 4.74 Å². The molecule has 0 fully saturated rings. The third-order valence-corrected chi connectivity index (χ3v) is 2.69. The van der Waals surface area contributed by atoms with Crippen LogP contribution in [0.15, 0.2) is 30.3 Å². The minimum Gasteiger partial charge on any atom is -0.380 e. The van der Waals surface area contributed by atoms with E-state index in [1.807, 2.05) is 6.92 Å². The smallest absolute Gasteiger partial charge is 0.0590 e. The molecule has 0 saturated carbocycles. The Morgan fingerprint density at radius 3 is 2.53 bits per heavy atom. The highest BCUT2D eigenvalue weighted by Gasteiger charge is 2.01. The highest BCUT2D eigenvalue weighted by molar-refractivity contribution is 5.45. The predicted molar refractivity (Wildman–Crippen MR) is 73.7 cm³/mol. The molecule has 3 heteroatoms. The van der Waals surface area contributed by atoms with Gasteiger partial charge < -0.3 is 15.0 Å². The summed E-state index contributed by atoms with van der Waals surface area (Å²) < 4.78 is 5.28. The molecule has 17 heavy (non-hydrogen) atoms. The van der Waals surface area contributed by atoms with E-state index in [0.717, 1.165) is 39.4 Å². The first-order valence-corrected chi connectivity index (χ1v) is 6.47. The fourth-order valence-electron chi connectivity index (χ4n) is 1.74. The molecule has 0 aromatic heterocycles. The quantitative estimate of drug-likeness (QED) is 0.665. The SMILES string of the molecule is CCOCCNCCN(CC)c1ccccc1. The Balaban J connectivity index is 2.20. The molecule has 3 nitrogen and oxygen atoms in total. The van der Waals surface area contributed by atoms with E-state index in [1.54, 1.807) is 0 Å². The van der Waals surface area contributed by atoms with Gasteiger partial charge in [-0.1, -0.05) is 18.2 Å². The molecule has 0 saturated heterocycles. The fourth-order valence-corrected chi connectivity index (χ4v) is 1.74. The zero-order valence-corrected chi connectivity index (χ0v) is 11.0. The van der Waals surface area contributed by atoms with Gasteiger partial charge in [-0.25, -0.2) is 0 Å². The maximum Gasteiger partial charge on any atom is 0.0590 e. The third-order valence-electron chi connectivity index (χ3n) is 2.69. The van der Waals surface area contributed by atoms with Gasteiger partial charge in [-0.05, 0) is 26.0 Å². The number of rotatable bonds is 9. The second-order valence-corrected chi connectivity index (χ2v) is 3.86. The van der Waals surface area contributed by atoms with E-state index in [2.05, 4.69) is 47.5 Å². The van der Waals surface area contributed by atoms with Gasteiger partial charge in [-0.2, -0.15) is 0 Å². The first-order valence-electron chi connectivity index (χ1n) is 6.47. The number of hydrogen-bond donors (Lipinski definition) is 1. The van der Waals surface area contributed by atoms with Crippen LogP contribution in [0.4, 0.5) is 5.69 Å². The summed E-state index contributed by atoms with van der Waals surface area (Å²) in [6.07, 6.45) is 0. The van der Waals surface area contributed by atoms with Gasteiger partial charge in [0.05, 0.1) is 6.61 Å². The molecule has 96 valence electrons. The maximum absolute atomic E-state index is 5.28. The van der Waals surface area contributed by atoms with E-state index in [1.165, 1.54) is 5.69 Å². The van der Waals surface area contributed by atoms with E-state index >= 15 is 0 Å². The van der Waals surface area contributed by atoms with Crippen LogP contribution in [-0.2, 0) is 4.74 Å². The van der Waals surface area contributed by atoms with E-state index in [-0.39, 0.29) is 0 Å². The van der Waals surface area contributed by atoms with Gasteiger partial charge in [0, 0.05) is 38.5 Å². The molecular formula is C14H24N2O. The summed E-state index contributed by atoms with van der Waals surface area (Å²) in [6.45, 7) is 9.81. The van der Waals surface area contributed by atoms with Gasteiger partial charge in [-0.15, -0.1) is 0 Å². The normalized spacial score (nSPS) is 10.5. The zero-order chi connectivity index (χ0) is 12.3. The van der Waals surface area contributed by atoms with Crippen molar-refractivity contribution in [2.24, 2.45) is 0 Å². The van der Waals surface area contributed by atoms with Crippen LogP contribution >= 0.6 is 0 Å². The molecule has 0 heterocycles. The van der Waals surface area contributed by atoms with Crippen molar-refractivity contribution < 1.29 is 4.74 Å². The summed E-state index contributed by atoms with van der Waals surface area (Å²) in [7, 11) is 0. The number of para-hydroxylation sites is 1. The lowest BCUT2D eigenvalue weighted by molar-refractivity contribution is 0.149. The van der Waals surface area contributed by atoms with Crippen LogP contribution in [0.5, 0.6) is 0 Å². The van der Waals surface area contributed by atoms with Gasteiger partial charge in [-0.3, -0.25) is 0 Å². The van der Waals surface area contributed by atoms with Gasteiger partial charge in [0.25, 0.3) is 0 Å². The van der Waals surface area contributed by atoms with Crippen molar-refractivity contribution in [2.45, 2.75) is 13.8 Å². The number of likely N-dealkylation sites (N-methyl/N-ethyl adjacent to an activating group) is 1. The highest BCUT2D eigenvalue weighted by Crippen LogP contribution is 2.11. The lowest BCUT2D eigenvalue weighted by atomic mass is 10.3. The molecule has 1 N–H and O–H groups in total. The van der Waals surface area contributed by atoms with Gasteiger partial charge >= 0.3 is 0 Å². The molecule has 1 aromatic rings. The summed E-state index contributed by atoms with van der Waals surface area (Å²) in [5.41, 5.74) is 1.29. The predicted octanol–water partition coefficient (Wildman–Crippen LogP) is 2.14. The average molecular weight is 236 g/mol. The number of nitrogens with one attached hydrogen (secondary N) is 1. The zero-order valence-electron chi connectivity index (χ0n) is 11.0. The van der Waals surface area contributed by atoms with Crippen LogP contribution in [-0.4, -0.2) is 39.4 Å². The van der Waals surface area contributed by atoms with Crippen molar-refractivity contribution in [3.8, 4) is 0 Å². The lowest BCUT2D eigenvalue weighted by Crippen LogP contribution is -2.33. The number of benzene rings is 1. The summed E-state index contributed by atoms with van der Waals surface area (Å²) >= 11 is 0. The molecule has 0 aliphatic rings. The average Bonchev–Trinajstić information content (AvgIpc) is 2.39. The molecular weight excluding hydrogens is 212 g/mol. The number of ether oxygens (including phenoxy) is 1. The topological polar surface area (TPSA) is 24.5 Å². The van der Waals surface area contributed by atoms with Gasteiger partial charge in [0.1, 0.15) is 0 Å². The summed E-state index contributed by atoms with van der Waals surface area (Å²) in [4.78, 5) is 2.37. The molecule has 0 spiro atoms. The van der Waals surface area contributed by atoms with Crippen LogP contribution in [0.2, 0.25) is 0 Å². The second-order valence-electron chi connectivity index (χ2n) is 3.86. The fraction of sp³-hybridized carbons (Fsp3) is 0.571. The molecule has 1 rings (SSSR count). The van der Waals surface area contributed by atoms with E-state index < -0.39 is 0 Å². The molecule has 0 radical (unpaired) electrons. The molecule has 0 amide bonds. The molecule has 0 atom stereocenters. The molecule has 0 aliphatic carbocycles. The molecule has 0 aliphatic heterocycles. The summed E-state index contributed by atoms with van der Waals surface area (Å²) in [5, 5.41) is 3.39. The Morgan fingerprint density at radius 1 is 1.12 bits per heavy atom. The van der Waals surface area contributed by atoms with Gasteiger partial charge in [0.2, 0.25) is 0 Å². The molecule has 0 bridgehead atoms. The van der Waals surface area contributed by atoms with Crippen molar-refractivity contribution in [1.29, 1.82) is 0 Å². The van der Waals surface area contributed by atoms with E-state index in [9.17, 15) is 0 Å². The highest BCUT2D eigenvalue weighted by atomic mass is 16.5. The maximum atomic E-state index is 5.28. The Hall–Kier alpha value is -1.06. The minimum atomic E-state index is 0.798. The Morgan fingerprint density at radius 2 is 1.88 bits per heavy atom. The minimum absolute atomic E-state index is 0.798. The third kappa shape index (κ3) is 5.71. The van der Waals surface area contributed by atoms with Crippen LogP contribution in [0.25, 0.3) is 0 Å². The van der Waals surface area contributed by atoms with Crippen LogP contribution in [0, 0.1) is 0 Å². The first-order chi connectivity index (χ1) is 8.38. The van der Waals surface area contributed by atoms with Crippen molar-refractivity contribution in [1.82, 2.24) is 5.32 Å². The monoisotopic (exact) mass is 236 g/mol. The van der Waals surface area contributed by atoms with Crippen molar-refractivity contribution >= 4 is 5.69 Å². The Labute approximate surface area is 105 Å². The Bertz CT molecular complexity index is 277. The van der Waals surface area contributed by atoms with Crippen LogP contribution in [0.3, 0.4) is 0 Å². The first kappa shape index (κ1) is 14.0. The van der Waals surface area contributed by atoms with Crippen LogP contribution < -0.4 is 10.2 Å². The van der Waals surface area contributed by atoms with Crippen molar-refractivity contribution in [2.75, 3.05) is 44.3 Å². The van der Waals surface area contributed by atoms with Crippen molar-refractivity contribution in [3.63, 3.8) is 0 Å². The van der Waals surface area contributed by atoms with E-state index in [0.29, 0.717) is 0 Å². The lowest BCUT2D eigenvalue weighted by Gasteiger charge is -2.23. The largest absolute Gasteiger partial charge is 0.380 e. The molecule has 1 aromatic carbocycles. The second kappa shape index (κ2) is 9.02. The summed E-state index contributed by atoms with van der Waals surface area (Å²) in [5.74, 6) is 0. The number of anilines is 1. The molecule has 0 unspecified atom stereocenters. The number of nitrogens with zero attached hydrogens (tertiary/aromatic N) is 1. The standard InChI is InChI=1S/C14H24N2O/c1-3-16(14-8-6-5-7-9-14)12-10-15-11-13-17-4-2/h5-9,15H,3-4,10-13H2,1-2H3. The van der Waals surface area contributed by atoms with Gasteiger partial charge in [0.15, 0.2) is 0 Å². The number of hydrogen-bond acceptors (Lipinski definition) is 3. The van der Waals surface area contributed by atoms with Crippen molar-refractivity contribution in [3.05, 3.63) is 30.3 Å².